The van der Waals surface area contributed by atoms with Crippen molar-refractivity contribution in [2.24, 2.45) is 0 Å². The zero-order valence-corrected chi connectivity index (χ0v) is 10.4. The quantitative estimate of drug-likeness (QED) is 0.655. The average Bonchev–Trinajstić information content (AvgIpc) is 2.39. The predicted octanol–water partition coefficient (Wildman–Crippen LogP) is 2.76. The number of nitrogens with one attached hydrogen (secondary N) is 1. The van der Waals surface area contributed by atoms with Crippen LogP contribution in [-0.2, 0) is 4.79 Å². The van der Waals surface area contributed by atoms with Crippen LogP contribution >= 0.6 is 0 Å². The molecule has 0 bridgehead atoms. The van der Waals surface area contributed by atoms with Crippen molar-refractivity contribution in [3.05, 3.63) is 54.1 Å². The molecule has 1 N–H and O–H groups in total. The number of carbonyl (C=O) groups is 1. The minimum Gasteiger partial charge on any atom is -0.493 e. The molecule has 1 aliphatic rings. The average molecular weight is 243 g/mol. The first kappa shape index (κ1) is 12.4. The lowest BCUT2D eigenvalue weighted by Gasteiger charge is -2.26. The van der Waals surface area contributed by atoms with Crippen LogP contribution in [0.2, 0.25) is 0 Å². The fraction of sp³-hybridized carbons (Fsp3) is 0.267. The van der Waals surface area contributed by atoms with E-state index in [9.17, 15) is 4.79 Å². The number of benzene rings is 1. The standard InChI is InChI=1S/C15H17NO2/c1-2-3-4-9-15(17)16-13-10-11-18-14-8-6-5-7-12(13)14/h2-9,13H,10-11H2,1H3,(H,16,17)/b3-2+,9-4+. The Hall–Kier alpha value is -2.03. The number of fused-ring (bicyclic) bond motifs is 1. The highest BCUT2D eigenvalue weighted by atomic mass is 16.5. The molecule has 94 valence electrons. The van der Waals surface area contributed by atoms with E-state index in [1.54, 1.807) is 6.08 Å². The first-order chi connectivity index (χ1) is 8.81. The van der Waals surface area contributed by atoms with Gasteiger partial charge >= 0.3 is 0 Å². The SMILES string of the molecule is C/C=C/C=C/C(=O)NC1CCOc2ccccc21. The van der Waals surface area contributed by atoms with E-state index in [0.717, 1.165) is 17.7 Å². The molecule has 1 heterocycles. The molecule has 0 saturated carbocycles. The van der Waals surface area contributed by atoms with E-state index in [0.29, 0.717) is 6.61 Å². The third-order valence-electron chi connectivity index (χ3n) is 2.83. The molecule has 1 atom stereocenters. The van der Waals surface area contributed by atoms with Gasteiger partial charge in [-0.2, -0.15) is 0 Å². The van der Waals surface area contributed by atoms with Crippen LogP contribution in [0.15, 0.2) is 48.6 Å². The molecule has 0 radical (unpaired) electrons. The maximum absolute atomic E-state index is 11.7. The van der Waals surface area contributed by atoms with Gasteiger partial charge in [-0.3, -0.25) is 4.79 Å². The second-order valence-corrected chi connectivity index (χ2v) is 4.12. The molecule has 0 aromatic heterocycles. The smallest absolute Gasteiger partial charge is 0.244 e. The topological polar surface area (TPSA) is 38.3 Å². The number of hydrogen-bond donors (Lipinski definition) is 1. The van der Waals surface area contributed by atoms with Gasteiger partial charge in [0.15, 0.2) is 0 Å². The Balaban J connectivity index is 2.05. The second kappa shape index (κ2) is 6.05. The Labute approximate surface area is 107 Å². The summed E-state index contributed by atoms with van der Waals surface area (Å²) >= 11 is 0. The first-order valence-electron chi connectivity index (χ1n) is 6.13. The molecular weight excluding hydrogens is 226 g/mol. The highest BCUT2D eigenvalue weighted by molar-refractivity contribution is 5.88. The van der Waals surface area contributed by atoms with Crippen LogP contribution in [0.4, 0.5) is 0 Å². The van der Waals surface area contributed by atoms with Crippen molar-refractivity contribution in [2.75, 3.05) is 6.61 Å². The minimum atomic E-state index is -0.0743. The van der Waals surface area contributed by atoms with Crippen molar-refractivity contribution in [2.45, 2.75) is 19.4 Å². The number of carbonyl (C=O) groups excluding carboxylic acids is 1. The number of amides is 1. The van der Waals surface area contributed by atoms with Crippen molar-refractivity contribution in [3.8, 4) is 5.75 Å². The van der Waals surface area contributed by atoms with Crippen LogP contribution in [0.5, 0.6) is 5.75 Å². The third-order valence-corrected chi connectivity index (χ3v) is 2.83. The van der Waals surface area contributed by atoms with Crippen molar-refractivity contribution in [3.63, 3.8) is 0 Å². The van der Waals surface area contributed by atoms with E-state index in [1.165, 1.54) is 6.08 Å². The molecule has 1 amide bonds. The molecule has 0 spiro atoms. The number of para-hydroxylation sites is 1. The molecule has 1 aromatic rings. The van der Waals surface area contributed by atoms with Gasteiger partial charge in [-0.1, -0.05) is 36.4 Å². The molecule has 2 rings (SSSR count). The van der Waals surface area contributed by atoms with Crippen LogP contribution < -0.4 is 10.1 Å². The van der Waals surface area contributed by atoms with E-state index in [1.807, 2.05) is 43.3 Å². The van der Waals surface area contributed by atoms with Crippen molar-refractivity contribution in [1.82, 2.24) is 5.32 Å². The van der Waals surface area contributed by atoms with Crippen LogP contribution in [0.1, 0.15) is 24.9 Å². The van der Waals surface area contributed by atoms with E-state index < -0.39 is 0 Å². The van der Waals surface area contributed by atoms with E-state index in [2.05, 4.69) is 5.32 Å². The molecule has 18 heavy (non-hydrogen) atoms. The highest BCUT2D eigenvalue weighted by Crippen LogP contribution is 2.31. The summed E-state index contributed by atoms with van der Waals surface area (Å²) in [6, 6.07) is 7.87. The second-order valence-electron chi connectivity index (χ2n) is 4.12. The van der Waals surface area contributed by atoms with Crippen LogP contribution in [0.3, 0.4) is 0 Å². The van der Waals surface area contributed by atoms with Crippen LogP contribution in [-0.4, -0.2) is 12.5 Å². The molecule has 0 saturated heterocycles. The Morgan fingerprint density at radius 3 is 3.06 bits per heavy atom. The van der Waals surface area contributed by atoms with Crippen molar-refractivity contribution >= 4 is 5.91 Å². The molecule has 3 nitrogen and oxygen atoms in total. The highest BCUT2D eigenvalue weighted by Gasteiger charge is 2.21. The van der Waals surface area contributed by atoms with E-state index >= 15 is 0 Å². The number of allylic oxidation sites excluding steroid dienone is 3. The van der Waals surface area contributed by atoms with Gasteiger partial charge in [-0.15, -0.1) is 0 Å². The number of ether oxygens (including phenoxy) is 1. The Morgan fingerprint density at radius 1 is 1.39 bits per heavy atom. The lowest BCUT2D eigenvalue weighted by atomic mass is 10.0. The summed E-state index contributed by atoms with van der Waals surface area (Å²) in [5, 5.41) is 2.99. The van der Waals surface area contributed by atoms with Crippen LogP contribution in [0, 0.1) is 0 Å². The molecule has 0 aliphatic carbocycles. The molecule has 1 aromatic carbocycles. The third kappa shape index (κ3) is 3.00. The Kier molecular flexibility index (Phi) is 4.18. The summed E-state index contributed by atoms with van der Waals surface area (Å²) in [6.45, 7) is 2.55. The summed E-state index contributed by atoms with van der Waals surface area (Å²) in [5.41, 5.74) is 1.05. The molecular formula is C15H17NO2. The van der Waals surface area contributed by atoms with Crippen LogP contribution in [0.25, 0.3) is 0 Å². The zero-order chi connectivity index (χ0) is 12.8. The summed E-state index contributed by atoms with van der Waals surface area (Å²) in [7, 11) is 0. The summed E-state index contributed by atoms with van der Waals surface area (Å²) in [5.74, 6) is 0.793. The van der Waals surface area contributed by atoms with Gasteiger partial charge in [0, 0.05) is 18.1 Å². The van der Waals surface area contributed by atoms with Gasteiger partial charge in [0.2, 0.25) is 5.91 Å². The summed E-state index contributed by atoms with van der Waals surface area (Å²) in [4.78, 5) is 11.7. The van der Waals surface area contributed by atoms with Crippen molar-refractivity contribution in [1.29, 1.82) is 0 Å². The largest absolute Gasteiger partial charge is 0.493 e. The minimum absolute atomic E-state index is 0.0395. The fourth-order valence-electron chi connectivity index (χ4n) is 1.97. The molecule has 3 heteroatoms. The van der Waals surface area contributed by atoms with E-state index in [4.69, 9.17) is 4.74 Å². The first-order valence-corrected chi connectivity index (χ1v) is 6.13. The van der Waals surface area contributed by atoms with Gasteiger partial charge in [0.25, 0.3) is 0 Å². The lowest BCUT2D eigenvalue weighted by Crippen LogP contribution is -2.30. The van der Waals surface area contributed by atoms with Crippen molar-refractivity contribution < 1.29 is 9.53 Å². The summed E-state index contributed by atoms with van der Waals surface area (Å²) in [6.07, 6.45) is 7.80. The van der Waals surface area contributed by atoms with Gasteiger partial charge < -0.3 is 10.1 Å². The lowest BCUT2D eigenvalue weighted by molar-refractivity contribution is -0.117. The monoisotopic (exact) mass is 243 g/mol. The maximum atomic E-state index is 11.7. The van der Waals surface area contributed by atoms with E-state index in [-0.39, 0.29) is 11.9 Å². The zero-order valence-electron chi connectivity index (χ0n) is 10.4. The number of hydrogen-bond acceptors (Lipinski definition) is 2. The summed E-state index contributed by atoms with van der Waals surface area (Å²) < 4.78 is 5.55. The Bertz CT molecular complexity index is 477. The van der Waals surface area contributed by atoms with Gasteiger partial charge in [0.1, 0.15) is 5.75 Å². The maximum Gasteiger partial charge on any atom is 0.244 e. The van der Waals surface area contributed by atoms with Gasteiger partial charge in [-0.25, -0.2) is 0 Å². The van der Waals surface area contributed by atoms with Gasteiger partial charge in [-0.05, 0) is 13.0 Å². The predicted molar refractivity (Wildman–Crippen MR) is 71.4 cm³/mol. The number of rotatable bonds is 3. The molecule has 1 unspecified atom stereocenters. The molecule has 1 aliphatic heterocycles. The Morgan fingerprint density at radius 2 is 2.22 bits per heavy atom. The fourth-order valence-corrected chi connectivity index (χ4v) is 1.97. The normalized spacial score (nSPS) is 18.6. The van der Waals surface area contributed by atoms with Gasteiger partial charge in [0.05, 0.1) is 12.6 Å². The molecule has 0 fully saturated rings.